The summed E-state index contributed by atoms with van der Waals surface area (Å²) in [6.07, 6.45) is 4.66. The van der Waals surface area contributed by atoms with Gasteiger partial charge < -0.3 is 30.2 Å². The Bertz CT molecular complexity index is 1080. The molecule has 44 heavy (non-hydrogen) atoms. The number of methoxy groups -OCH3 is 2. The number of unbranched alkanes of at least 4 members (excludes halogenated alkanes) is 1. The van der Waals surface area contributed by atoms with E-state index in [0.717, 1.165) is 42.9 Å². The molecule has 2 heterocycles. The second-order valence-corrected chi connectivity index (χ2v) is 14.5. The third-order valence-corrected chi connectivity index (χ3v) is 11.2. The van der Waals surface area contributed by atoms with E-state index < -0.39 is 0 Å². The zero-order valence-corrected chi connectivity index (χ0v) is 28.3. The van der Waals surface area contributed by atoms with E-state index in [4.69, 9.17) is 14.2 Å². The van der Waals surface area contributed by atoms with Crippen molar-refractivity contribution >= 4 is 56.9 Å². The number of benzene rings is 1. The Labute approximate surface area is 272 Å². The van der Waals surface area contributed by atoms with E-state index in [1.807, 2.05) is 21.6 Å². The van der Waals surface area contributed by atoms with Gasteiger partial charge in [0.2, 0.25) is 17.7 Å². The fourth-order valence-electron chi connectivity index (χ4n) is 4.93. The van der Waals surface area contributed by atoms with Gasteiger partial charge in [0.1, 0.15) is 17.2 Å². The van der Waals surface area contributed by atoms with Crippen LogP contribution in [0, 0.1) is 5.92 Å². The lowest BCUT2D eigenvalue weighted by molar-refractivity contribution is -0.124. The molecule has 14 heteroatoms. The number of carbonyl (C=O) groups excluding carboxylic acids is 4. The fourth-order valence-corrected chi connectivity index (χ4v) is 8.36. The third-order valence-electron chi connectivity index (χ3n) is 7.46. The summed E-state index contributed by atoms with van der Waals surface area (Å²) < 4.78 is 16.9. The maximum atomic E-state index is 12.9. The lowest BCUT2D eigenvalue weighted by Gasteiger charge is -2.18. The Hall–Kier alpha value is -2.29. The van der Waals surface area contributed by atoms with Crippen molar-refractivity contribution in [2.24, 2.45) is 5.92 Å². The Morgan fingerprint density at radius 1 is 0.886 bits per heavy atom. The largest absolute Gasteiger partial charge is 0.496 e. The first kappa shape index (κ1) is 36.2. The van der Waals surface area contributed by atoms with Gasteiger partial charge in [-0.1, -0.05) is 21.6 Å². The predicted molar refractivity (Wildman–Crippen MR) is 177 cm³/mol. The van der Waals surface area contributed by atoms with Crippen LogP contribution >= 0.6 is 33.3 Å². The van der Waals surface area contributed by atoms with Gasteiger partial charge in [-0.15, -0.1) is 11.8 Å². The number of nitrogens with one attached hydrogen (secondary N) is 4. The van der Waals surface area contributed by atoms with Crippen LogP contribution in [0.15, 0.2) is 12.1 Å². The molecular weight excluding hydrogens is 625 g/mol. The molecule has 3 rings (SSSR count). The van der Waals surface area contributed by atoms with Gasteiger partial charge >= 0.3 is 0 Å². The van der Waals surface area contributed by atoms with Crippen molar-refractivity contribution in [2.45, 2.75) is 69.3 Å². The maximum absolute atomic E-state index is 12.9. The molecule has 0 saturated carbocycles. The van der Waals surface area contributed by atoms with Crippen LogP contribution in [0.25, 0.3) is 0 Å². The van der Waals surface area contributed by atoms with Gasteiger partial charge in [0.25, 0.3) is 0 Å². The fraction of sp³-hybridized carbons (Fsp3) is 0.667. The van der Waals surface area contributed by atoms with E-state index >= 15 is 0 Å². The summed E-state index contributed by atoms with van der Waals surface area (Å²) in [5.41, 5.74) is 0.684. The van der Waals surface area contributed by atoms with Gasteiger partial charge in [-0.2, -0.15) is 0 Å². The van der Waals surface area contributed by atoms with Crippen LogP contribution < -0.4 is 35.5 Å². The molecule has 2 saturated heterocycles. The van der Waals surface area contributed by atoms with Crippen molar-refractivity contribution in [3.05, 3.63) is 17.7 Å². The smallest absolute Gasteiger partial charge is 0.220 e. The molecule has 0 bridgehead atoms. The summed E-state index contributed by atoms with van der Waals surface area (Å²) >= 11 is 1.67. The quantitative estimate of drug-likeness (QED) is 0.135. The van der Waals surface area contributed by atoms with Crippen LogP contribution in [0.5, 0.6) is 17.2 Å². The first-order chi connectivity index (χ1) is 21.3. The van der Waals surface area contributed by atoms with E-state index in [1.54, 1.807) is 45.2 Å². The third kappa shape index (κ3) is 12.2. The summed E-state index contributed by atoms with van der Waals surface area (Å²) in [6.45, 7) is 1.10. The van der Waals surface area contributed by atoms with Crippen molar-refractivity contribution in [1.29, 1.82) is 0 Å². The number of ether oxygens (including phenoxy) is 3. The average molecular weight is 671 g/mol. The summed E-state index contributed by atoms with van der Waals surface area (Å²) in [5, 5.41) is 11.8. The zero-order chi connectivity index (χ0) is 31.7. The van der Waals surface area contributed by atoms with Gasteiger partial charge in [-0.05, 0) is 32.1 Å². The number of amides is 3. The lowest BCUT2D eigenvalue weighted by Crippen LogP contribution is -2.44. The minimum absolute atomic E-state index is 0.00525. The van der Waals surface area contributed by atoms with Gasteiger partial charge in [-0.25, -0.2) is 0 Å². The van der Waals surface area contributed by atoms with Crippen LogP contribution in [-0.4, -0.2) is 86.6 Å². The van der Waals surface area contributed by atoms with Gasteiger partial charge in [0, 0.05) is 68.2 Å². The molecule has 1 aromatic rings. The summed E-state index contributed by atoms with van der Waals surface area (Å²) in [6, 6.07) is 3.35. The molecule has 0 spiro atoms. The molecule has 2 fully saturated rings. The molecule has 0 aromatic heterocycles. The highest BCUT2D eigenvalue weighted by molar-refractivity contribution is 8.76. The summed E-state index contributed by atoms with van der Waals surface area (Å²) in [4.78, 5) is 49.2. The van der Waals surface area contributed by atoms with Crippen LogP contribution in [0.4, 0.5) is 0 Å². The van der Waals surface area contributed by atoms with Crippen molar-refractivity contribution in [1.82, 2.24) is 21.3 Å². The number of Topliss-reactive ketones (excluding diaryl/α,β-unsaturated/α-hetero) is 1. The van der Waals surface area contributed by atoms with E-state index in [-0.39, 0.29) is 54.4 Å². The highest BCUT2D eigenvalue weighted by atomic mass is 33.1. The van der Waals surface area contributed by atoms with E-state index in [1.165, 1.54) is 0 Å². The molecular formula is C30H46N4O7S3. The highest BCUT2D eigenvalue weighted by Gasteiger charge is 2.34. The van der Waals surface area contributed by atoms with Crippen LogP contribution in [0.3, 0.4) is 0 Å². The Balaban J connectivity index is 1.34. The number of hydrogen-bond donors (Lipinski definition) is 4. The molecule has 2 aliphatic heterocycles. The summed E-state index contributed by atoms with van der Waals surface area (Å²) in [5.74, 6) is 4.57. The molecule has 0 radical (unpaired) electrons. The van der Waals surface area contributed by atoms with Crippen molar-refractivity contribution in [2.75, 3.05) is 51.7 Å². The SMILES string of the molecule is CNC(=O)CCCCOc1cc(OC)c(CNC(=O)CCCC(=O)NCC2NC(C(=O)C3CCSSCC3)CS2)c(OC)c1. The van der Waals surface area contributed by atoms with Crippen LogP contribution in [0.2, 0.25) is 0 Å². The van der Waals surface area contributed by atoms with E-state index in [9.17, 15) is 19.2 Å². The van der Waals surface area contributed by atoms with Gasteiger partial charge in [0.15, 0.2) is 5.78 Å². The molecule has 0 aliphatic carbocycles. The number of rotatable bonds is 18. The zero-order valence-electron chi connectivity index (χ0n) is 25.9. The maximum Gasteiger partial charge on any atom is 0.220 e. The minimum atomic E-state index is -0.178. The number of thioether (sulfide) groups is 1. The Kier molecular flexibility index (Phi) is 16.4. The molecule has 2 unspecified atom stereocenters. The second kappa shape index (κ2) is 20.0. The molecule has 246 valence electrons. The first-order valence-electron chi connectivity index (χ1n) is 15.1. The standard InChI is InChI=1S/C30H46N4O7S3/c1-31-26(35)7-4-5-12-41-21-15-24(39-2)22(25(16-21)40-3)17-32-27(36)8-6-9-28(37)33-18-29-34-23(19-42-29)30(38)20-10-13-43-44-14-11-20/h15-16,20,23,29,34H,4-14,17-19H2,1-3H3,(H,31,35)(H,32,36)(H,33,37). The van der Waals surface area contributed by atoms with Gasteiger partial charge in [-0.3, -0.25) is 24.5 Å². The number of hydrogen-bond acceptors (Lipinski definition) is 11. The Morgan fingerprint density at radius 3 is 2.16 bits per heavy atom. The molecule has 2 atom stereocenters. The first-order valence-corrected chi connectivity index (χ1v) is 18.7. The van der Waals surface area contributed by atoms with Crippen LogP contribution in [0.1, 0.15) is 56.9 Å². The minimum Gasteiger partial charge on any atom is -0.496 e. The topological polar surface area (TPSA) is 144 Å². The molecule has 4 N–H and O–H groups in total. The lowest BCUT2D eigenvalue weighted by atomic mass is 9.93. The van der Waals surface area contributed by atoms with Crippen LogP contribution in [-0.2, 0) is 25.7 Å². The number of carbonyl (C=O) groups is 4. The average Bonchev–Trinajstić information content (AvgIpc) is 3.34. The Morgan fingerprint density at radius 2 is 1.52 bits per heavy atom. The van der Waals surface area contributed by atoms with Crippen molar-refractivity contribution < 1.29 is 33.4 Å². The van der Waals surface area contributed by atoms with Gasteiger partial charge in [0.05, 0.1) is 44.4 Å². The van der Waals surface area contributed by atoms with E-state index in [0.29, 0.717) is 54.6 Å². The molecule has 3 amide bonds. The monoisotopic (exact) mass is 670 g/mol. The predicted octanol–water partition coefficient (Wildman–Crippen LogP) is 3.29. The van der Waals surface area contributed by atoms with E-state index in [2.05, 4.69) is 21.3 Å². The molecule has 2 aliphatic rings. The molecule has 1 aromatic carbocycles. The molecule has 11 nitrogen and oxygen atoms in total. The second-order valence-electron chi connectivity index (χ2n) is 10.6. The highest BCUT2D eigenvalue weighted by Crippen LogP contribution is 2.35. The van der Waals surface area contributed by atoms with Crippen molar-refractivity contribution in [3.8, 4) is 17.2 Å². The van der Waals surface area contributed by atoms with Crippen molar-refractivity contribution in [3.63, 3.8) is 0 Å². The normalized spacial score (nSPS) is 18.6. The summed E-state index contributed by atoms with van der Waals surface area (Å²) in [7, 11) is 8.41. The number of ketones is 1.